The number of nitrogens with one attached hydrogen (secondary N) is 1. The van der Waals surface area contributed by atoms with E-state index in [0.29, 0.717) is 24.2 Å². The van der Waals surface area contributed by atoms with E-state index in [1.165, 1.54) is 0 Å². The number of amides is 2. The van der Waals surface area contributed by atoms with Crippen LogP contribution in [-0.2, 0) is 13.1 Å². The topological polar surface area (TPSA) is 69.6 Å². The van der Waals surface area contributed by atoms with Gasteiger partial charge in [0.25, 0.3) is 11.8 Å². The molecule has 23 heavy (non-hydrogen) atoms. The number of fused-ring (bicyclic) bond motifs is 1. The number of carbonyl (C=O) groups is 2. The summed E-state index contributed by atoms with van der Waals surface area (Å²) in [6, 6.07) is 14.6. The second-order valence-electron chi connectivity index (χ2n) is 5.45. The highest BCUT2D eigenvalue weighted by Crippen LogP contribution is 2.27. The molecule has 2 amide bonds. The van der Waals surface area contributed by atoms with Crippen LogP contribution in [0.1, 0.15) is 31.8 Å². The summed E-state index contributed by atoms with van der Waals surface area (Å²) in [4.78, 5) is 26.5. The lowest BCUT2D eigenvalue weighted by Crippen LogP contribution is -2.28. The van der Waals surface area contributed by atoms with Gasteiger partial charge in [-0.05, 0) is 29.3 Å². The molecular formula is C18H18N2O3. The van der Waals surface area contributed by atoms with Crippen molar-refractivity contribution in [1.29, 1.82) is 0 Å². The maximum atomic E-state index is 12.6. The van der Waals surface area contributed by atoms with Gasteiger partial charge in [0.05, 0.1) is 6.61 Å². The summed E-state index contributed by atoms with van der Waals surface area (Å²) in [6.45, 7) is 1.05. The molecule has 2 N–H and O–H groups in total. The standard InChI is InChI=1S/C18H18N2O3/c21-10-9-19-17(22)15-8-4-7-14-11-20(12-16(14)15)18(23)13-5-2-1-3-6-13/h1-8,21H,9-12H2,(H,19,22). The van der Waals surface area contributed by atoms with E-state index in [4.69, 9.17) is 5.11 Å². The van der Waals surface area contributed by atoms with Crippen LogP contribution in [0.25, 0.3) is 0 Å². The van der Waals surface area contributed by atoms with Crippen LogP contribution in [0.3, 0.4) is 0 Å². The Morgan fingerprint density at radius 2 is 1.83 bits per heavy atom. The zero-order chi connectivity index (χ0) is 16.2. The average molecular weight is 310 g/mol. The monoisotopic (exact) mass is 310 g/mol. The molecule has 0 unspecified atom stereocenters. The zero-order valence-corrected chi connectivity index (χ0v) is 12.7. The Hall–Kier alpha value is -2.66. The van der Waals surface area contributed by atoms with Crippen LogP contribution in [0.4, 0.5) is 0 Å². The Balaban J connectivity index is 1.81. The van der Waals surface area contributed by atoms with E-state index in [9.17, 15) is 9.59 Å². The SMILES string of the molecule is O=C(NCCO)c1cccc2c1CN(C(=O)c1ccccc1)C2. The summed E-state index contributed by atoms with van der Waals surface area (Å²) >= 11 is 0. The molecule has 0 atom stereocenters. The minimum absolute atomic E-state index is 0.0384. The van der Waals surface area contributed by atoms with Crippen LogP contribution in [0, 0.1) is 0 Å². The number of carbonyl (C=O) groups excluding carboxylic acids is 2. The molecule has 1 heterocycles. The fourth-order valence-corrected chi connectivity index (χ4v) is 2.81. The fourth-order valence-electron chi connectivity index (χ4n) is 2.81. The lowest BCUT2D eigenvalue weighted by atomic mass is 10.0. The molecule has 2 aromatic carbocycles. The van der Waals surface area contributed by atoms with Crippen molar-refractivity contribution in [3.63, 3.8) is 0 Å². The fraction of sp³-hybridized carbons (Fsp3) is 0.222. The van der Waals surface area contributed by atoms with E-state index in [1.807, 2.05) is 30.3 Å². The Kier molecular flexibility index (Phi) is 4.39. The summed E-state index contributed by atoms with van der Waals surface area (Å²) in [5.41, 5.74) is 3.09. The van der Waals surface area contributed by atoms with Crippen molar-refractivity contribution < 1.29 is 14.7 Å². The maximum absolute atomic E-state index is 12.6. The number of aliphatic hydroxyl groups excluding tert-OH is 1. The Labute approximate surface area is 134 Å². The number of nitrogens with zero attached hydrogens (tertiary/aromatic N) is 1. The Morgan fingerprint density at radius 3 is 2.57 bits per heavy atom. The highest BCUT2D eigenvalue weighted by atomic mass is 16.3. The number of hydrogen-bond acceptors (Lipinski definition) is 3. The van der Waals surface area contributed by atoms with Crippen molar-refractivity contribution in [3.8, 4) is 0 Å². The van der Waals surface area contributed by atoms with Crippen LogP contribution in [0.2, 0.25) is 0 Å². The second-order valence-corrected chi connectivity index (χ2v) is 5.45. The molecule has 5 nitrogen and oxygen atoms in total. The van der Waals surface area contributed by atoms with Gasteiger partial charge in [-0.2, -0.15) is 0 Å². The molecule has 2 aromatic rings. The first kappa shape index (κ1) is 15.2. The van der Waals surface area contributed by atoms with Gasteiger partial charge in [-0.15, -0.1) is 0 Å². The summed E-state index contributed by atoms with van der Waals surface area (Å²) in [5, 5.41) is 11.5. The molecule has 1 aliphatic heterocycles. The summed E-state index contributed by atoms with van der Waals surface area (Å²) < 4.78 is 0. The van der Waals surface area contributed by atoms with Crippen LogP contribution in [-0.4, -0.2) is 35.0 Å². The second kappa shape index (κ2) is 6.62. The van der Waals surface area contributed by atoms with E-state index in [2.05, 4.69) is 5.32 Å². The normalized spacial score (nSPS) is 12.8. The molecule has 0 fully saturated rings. The molecule has 1 aliphatic rings. The van der Waals surface area contributed by atoms with E-state index < -0.39 is 0 Å². The van der Waals surface area contributed by atoms with Gasteiger partial charge < -0.3 is 15.3 Å². The number of hydrogen-bond donors (Lipinski definition) is 2. The number of aliphatic hydroxyl groups is 1. The quantitative estimate of drug-likeness (QED) is 0.900. The van der Waals surface area contributed by atoms with Crippen molar-refractivity contribution in [2.24, 2.45) is 0 Å². The molecule has 3 rings (SSSR count). The van der Waals surface area contributed by atoms with E-state index in [1.54, 1.807) is 23.1 Å². The lowest BCUT2D eigenvalue weighted by Gasteiger charge is -2.15. The van der Waals surface area contributed by atoms with Crippen molar-refractivity contribution in [2.45, 2.75) is 13.1 Å². The molecule has 0 saturated heterocycles. The van der Waals surface area contributed by atoms with Gasteiger partial charge in [0.2, 0.25) is 0 Å². The van der Waals surface area contributed by atoms with Crippen LogP contribution < -0.4 is 5.32 Å². The molecule has 0 bridgehead atoms. The first-order chi connectivity index (χ1) is 11.2. The van der Waals surface area contributed by atoms with Crippen molar-refractivity contribution >= 4 is 11.8 Å². The molecule has 0 aromatic heterocycles. The third-order valence-corrected chi connectivity index (χ3v) is 3.93. The first-order valence-corrected chi connectivity index (χ1v) is 7.55. The predicted octanol–water partition coefficient (Wildman–Crippen LogP) is 1.56. The van der Waals surface area contributed by atoms with Gasteiger partial charge in [-0.3, -0.25) is 9.59 Å². The molecule has 0 spiro atoms. The van der Waals surface area contributed by atoms with E-state index in [0.717, 1.165) is 11.1 Å². The lowest BCUT2D eigenvalue weighted by molar-refractivity contribution is 0.0749. The molecular weight excluding hydrogens is 292 g/mol. The Bertz CT molecular complexity index is 728. The minimum Gasteiger partial charge on any atom is -0.395 e. The van der Waals surface area contributed by atoms with Crippen molar-refractivity contribution in [2.75, 3.05) is 13.2 Å². The first-order valence-electron chi connectivity index (χ1n) is 7.55. The number of benzene rings is 2. The summed E-state index contributed by atoms with van der Waals surface area (Å²) in [6.07, 6.45) is 0. The molecule has 0 radical (unpaired) electrons. The molecule has 0 saturated carbocycles. The van der Waals surface area contributed by atoms with Gasteiger partial charge in [-0.1, -0.05) is 30.3 Å². The summed E-state index contributed by atoms with van der Waals surface area (Å²) in [5.74, 6) is -0.256. The van der Waals surface area contributed by atoms with Gasteiger partial charge in [-0.25, -0.2) is 0 Å². The highest BCUT2D eigenvalue weighted by Gasteiger charge is 2.27. The van der Waals surface area contributed by atoms with Crippen LogP contribution in [0.15, 0.2) is 48.5 Å². The van der Waals surface area contributed by atoms with E-state index in [-0.39, 0.29) is 25.0 Å². The van der Waals surface area contributed by atoms with Gasteiger partial charge in [0.1, 0.15) is 0 Å². The van der Waals surface area contributed by atoms with Crippen molar-refractivity contribution in [1.82, 2.24) is 10.2 Å². The van der Waals surface area contributed by atoms with Gasteiger partial charge in [0.15, 0.2) is 0 Å². The predicted molar refractivity (Wildman–Crippen MR) is 85.9 cm³/mol. The summed E-state index contributed by atoms with van der Waals surface area (Å²) in [7, 11) is 0. The average Bonchev–Trinajstić information content (AvgIpc) is 3.03. The van der Waals surface area contributed by atoms with Crippen LogP contribution in [0.5, 0.6) is 0 Å². The molecule has 5 heteroatoms. The Morgan fingerprint density at radius 1 is 1.04 bits per heavy atom. The number of rotatable bonds is 4. The van der Waals surface area contributed by atoms with Crippen LogP contribution >= 0.6 is 0 Å². The zero-order valence-electron chi connectivity index (χ0n) is 12.7. The molecule has 118 valence electrons. The van der Waals surface area contributed by atoms with Gasteiger partial charge in [0, 0.05) is 30.8 Å². The third kappa shape index (κ3) is 3.10. The third-order valence-electron chi connectivity index (χ3n) is 3.93. The minimum atomic E-state index is -0.218. The maximum Gasteiger partial charge on any atom is 0.254 e. The largest absolute Gasteiger partial charge is 0.395 e. The van der Waals surface area contributed by atoms with Crippen molar-refractivity contribution in [3.05, 3.63) is 70.8 Å². The highest BCUT2D eigenvalue weighted by molar-refractivity contribution is 5.98. The molecule has 0 aliphatic carbocycles. The smallest absolute Gasteiger partial charge is 0.254 e. The van der Waals surface area contributed by atoms with E-state index >= 15 is 0 Å². The van der Waals surface area contributed by atoms with Gasteiger partial charge >= 0.3 is 0 Å².